The number of aliphatic hydroxyl groups excluding tert-OH is 1. The van der Waals surface area contributed by atoms with E-state index in [4.69, 9.17) is 5.26 Å². The van der Waals surface area contributed by atoms with E-state index in [1.54, 1.807) is 0 Å². The van der Waals surface area contributed by atoms with Gasteiger partial charge in [-0.3, -0.25) is 4.79 Å². The first-order valence-electron chi connectivity index (χ1n) is 6.93. The van der Waals surface area contributed by atoms with Gasteiger partial charge in [-0.2, -0.15) is 18.4 Å². The van der Waals surface area contributed by atoms with Gasteiger partial charge in [0.25, 0.3) is 0 Å². The van der Waals surface area contributed by atoms with Gasteiger partial charge in [0.15, 0.2) is 5.78 Å². The fourth-order valence-electron chi connectivity index (χ4n) is 1.88. The number of ether oxygens (including phenoxy) is 1. The Kier molecular flexibility index (Phi) is 5.66. The summed E-state index contributed by atoms with van der Waals surface area (Å²) >= 11 is 0. The average molecular weight is 381 g/mol. The van der Waals surface area contributed by atoms with Crippen LogP contribution >= 0.6 is 0 Å². The number of ketones is 1. The molecule has 0 heterocycles. The van der Waals surface area contributed by atoms with E-state index in [-0.39, 0.29) is 6.07 Å². The molecule has 142 valence electrons. The number of halogens is 6. The van der Waals surface area contributed by atoms with Crippen LogP contribution in [0.1, 0.15) is 31.9 Å². The van der Waals surface area contributed by atoms with E-state index >= 15 is 0 Å². The highest BCUT2D eigenvalue weighted by Crippen LogP contribution is 2.39. The number of carbonyl (C=O) groups excluding carboxylic acids is 1. The number of carbonyl (C=O) groups is 1. The summed E-state index contributed by atoms with van der Waals surface area (Å²) in [7, 11) is 0. The first kappa shape index (κ1) is 21.3. The number of Topliss-reactive ketones (excluding diaryl/α,β-unsaturated/α-hetero) is 1. The van der Waals surface area contributed by atoms with Crippen molar-refractivity contribution in [1.82, 2.24) is 0 Å². The lowest BCUT2D eigenvalue weighted by atomic mass is 9.85. The molecule has 1 aromatic rings. The van der Waals surface area contributed by atoms with Crippen molar-refractivity contribution in [2.75, 3.05) is 0 Å². The second kappa shape index (κ2) is 6.90. The van der Waals surface area contributed by atoms with Crippen molar-refractivity contribution in [1.29, 1.82) is 5.26 Å². The molecule has 0 bridgehead atoms. The van der Waals surface area contributed by atoms with E-state index in [9.17, 15) is 36.2 Å². The molecule has 0 unspecified atom stereocenters. The van der Waals surface area contributed by atoms with Gasteiger partial charge in [0, 0.05) is 11.0 Å². The summed E-state index contributed by atoms with van der Waals surface area (Å²) in [5.74, 6) is -3.37. The van der Waals surface area contributed by atoms with Gasteiger partial charge in [-0.1, -0.05) is 20.8 Å². The first-order valence-corrected chi connectivity index (χ1v) is 6.93. The van der Waals surface area contributed by atoms with Gasteiger partial charge in [-0.05, 0) is 18.2 Å². The highest BCUT2D eigenvalue weighted by Gasteiger charge is 2.38. The van der Waals surface area contributed by atoms with Crippen LogP contribution in [0.2, 0.25) is 0 Å². The molecule has 0 aliphatic heterocycles. The van der Waals surface area contributed by atoms with E-state index in [0.29, 0.717) is 12.1 Å². The summed E-state index contributed by atoms with van der Waals surface area (Å²) in [5, 5.41) is 19.1. The lowest BCUT2D eigenvalue weighted by Gasteiger charge is -2.19. The number of nitrogens with zero attached hydrogens (tertiary/aromatic N) is 1. The molecule has 0 atom stereocenters. The SMILES string of the molecule is CC(C)(C)C(=O)/C(C#N)=C(\O)c1ccc(OC(F)(F)F)cc1C(F)(F)F. The maximum Gasteiger partial charge on any atom is 0.573 e. The highest BCUT2D eigenvalue weighted by molar-refractivity contribution is 6.07. The molecule has 1 aromatic carbocycles. The molecular formula is C16H13F6NO3. The highest BCUT2D eigenvalue weighted by atomic mass is 19.4. The monoisotopic (exact) mass is 381 g/mol. The fraction of sp³-hybridized carbons (Fsp3) is 0.375. The predicted molar refractivity (Wildman–Crippen MR) is 77.8 cm³/mol. The Balaban J connectivity index is 3.64. The minimum Gasteiger partial charge on any atom is -0.506 e. The summed E-state index contributed by atoms with van der Waals surface area (Å²) in [6.07, 6.45) is -10.4. The van der Waals surface area contributed by atoms with Crippen molar-refractivity contribution < 1.29 is 41.0 Å². The van der Waals surface area contributed by atoms with E-state index < -0.39 is 51.9 Å². The minimum atomic E-state index is -5.22. The number of rotatable bonds is 3. The van der Waals surface area contributed by atoms with Crippen LogP contribution in [-0.2, 0) is 11.0 Å². The Morgan fingerprint density at radius 1 is 1.12 bits per heavy atom. The standard InChI is InChI=1S/C16H13F6NO3/c1-14(2,3)13(25)10(7-23)12(24)9-5-4-8(26-16(20,21)22)6-11(9)15(17,18)19/h4-6,24H,1-3H3/b12-10-. The van der Waals surface area contributed by atoms with Crippen molar-refractivity contribution in [3.05, 3.63) is 34.9 Å². The van der Waals surface area contributed by atoms with E-state index in [1.807, 2.05) is 0 Å². The third kappa shape index (κ3) is 5.15. The molecule has 0 fully saturated rings. The quantitative estimate of drug-likeness (QED) is 0.346. The van der Waals surface area contributed by atoms with Crippen molar-refractivity contribution >= 4 is 11.5 Å². The third-order valence-electron chi connectivity index (χ3n) is 3.04. The van der Waals surface area contributed by atoms with Gasteiger partial charge in [-0.15, -0.1) is 13.2 Å². The van der Waals surface area contributed by atoms with Crippen LogP contribution in [-0.4, -0.2) is 17.3 Å². The van der Waals surface area contributed by atoms with Crippen molar-refractivity contribution in [3.8, 4) is 11.8 Å². The van der Waals surface area contributed by atoms with Crippen molar-refractivity contribution in [2.24, 2.45) is 5.41 Å². The summed E-state index contributed by atoms with van der Waals surface area (Å²) < 4.78 is 79.6. The molecule has 1 N–H and O–H groups in total. The normalized spacial score (nSPS) is 13.7. The zero-order chi connectivity index (χ0) is 20.5. The molecule has 26 heavy (non-hydrogen) atoms. The molecule has 0 aliphatic carbocycles. The third-order valence-corrected chi connectivity index (χ3v) is 3.04. The predicted octanol–water partition coefficient (Wildman–Crippen LogP) is 5.01. The van der Waals surface area contributed by atoms with Crippen LogP contribution in [0.15, 0.2) is 23.8 Å². The van der Waals surface area contributed by atoms with Gasteiger partial charge in [0.2, 0.25) is 0 Å². The maximum atomic E-state index is 13.2. The number of nitriles is 1. The van der Waals surface area contributed by atoms with Gasteiger partial charge in [-0.25, -0.2) is 0 Å². The van der Waals surface area contributed by atoms with Crippen molar-refractivity contribution in [3.63, 3.8) is 0 Å². The molecule has 0 amide bonds. The molecule has 4 nitrogen and oxygen atoms in total. The second-order valence-electron chi connectivity index (χ2n) is 6.17. The molecule has 1 rings (SSSR count). The Morgan fingerprint density at radius 3 is 2.04 bits per heavy atom. The lowest BCUT2D eigenvalue weighted by Crippen LogP contribution is -2.23. The number of aliphatic hydroxyl groups is 1. The van der Waals surface area contributed by atoms with E-state index in [1.165, 1.54) is 26.8 Å². The van der Waals surface area contributed by atoms with Crippen LogP contribution in [0.3, 0.4) is 0 Å². The Bertz CT molecular complexity index is 779. The zero-order valence-electron chi connectivity index (χ0n) is 13.7. The van der Waals surface area contributed by atoms with Gasteiger partial charge in [0.1, 0.15) is 23.2 Å². The number of allylic oxidation sites excluding steroid dienone is 1. The molecule has 0 aliphatic rings. The molecule has 0 saturated heterocycles. The molecular weight excluding hydrogens is 368 g/mol. The lowest BCUT2D eigenvalue weighted by molar-refractivity contribution is -0.274. The van der Waals surface area contributed by atoms with Crippen molar-refractivity contribution in [2.45, 2.75) is 33.3 Å². The summed E-state index contributed by atoms with van der Waals surface area (Å²) in [6.45, 7) is 4.14. The summed E-state index contributed by atoms with van der Waals surface area (Å²) in [6, 6.07) is 2.39. The number of hydrogen-bond acceptors (Lipinski definition) is 4. The summed E-state index contributed by atoms with van der Waals surface area (Å²) in [5.41, 5.74) is -4.82. The molecule has 0 aromatic heterocycles. The average Bonchev–Trinajstić information content (AvgIpc) is 2.44. The Labute approximate surface area is 144 Å². The summed E-state index contributed by atoms with van der Waals surface area (Å²) in [4.78, 5) is 12.1. The Hall–Kier alpha value is -2.70. The van der Waals surface area contributed by atoms with E-state index in [2.05, 4.69) is 4.74 Å². The smallest absolute Gasteiger partial charge is 0.506 e. The van der Waals surface area contributed by atoms with Gasteiger partial charge >= 0.3 is 12.5 Å². The van der Waals surface area contributed by atoms with E-state index in [0.717, 1.165) is 0 Å². The van der Waals surface area contributed by atoms with Crippen LogP contribution < -0.4 is 4.74 Å². The fourth-order valence-corrected chi connectivity index (χ4v) is 1.88. The molecule has 0 radical (unpaired) electrons. The van der Waals surface area contributed by atoms with Crippen LogP contribution in [0.4, 0.5) is 26.3 Å². The first-order chi connectivity index (χ1) is 11.6. The van der Waals surface area contributed by atoms with Crippen LogP contribution in [0.5, 0.6) is 5.75 Å². The zero-order valence-corrected chi connectivity index (χ0v) is 13.7. The van der Waals surface area contributed by atoms with Crippen LogP contribution in [0.25, 0.3) is 5.76 Å². The number of alkyl halides is 6. The molecule has 0 spiro atoms. The van der Waals surface area contributed by atoms with Gasteiger partial charge in [0.05, 0.1) is 5.56 Å². The maximum absolute atomic E-state index is 13.2. The Morgan fingerprint density at radius 2 is 1.65 bits per heavy atom. The number of benzene rings is 1. The minimum absolute atomic E-state index is 0.0234. The number of hydrogen-bond donors (Lipinski definition) is 1. The van der Waals surface area contributed by atoms with Gasteiger partial charge < -0.3 is 9.84 Å². The van der Waals surface area contributed by atoms with Crippen LogP contribution in [0, 0.1) is 16.7 Å². The molecule has 10 heteroatoms. The molecule has 0 saturated carbocycles. The second-order valence-corrected chi connectivity index (χ2v) is 6.17. The largest absolute Gasteiger partial charge is 0.573 e. The topological polar surface area (TPSA) is 70.3 Å².